The molecule has 1 N–H and O–H groups in total. The van der Waals surface area contributed by atoms with Crippen molar-refractivity contribution in [1.29, 1.82) is 0 Å². The van der Waals surface area contributed by atoms with Gasteiger partial charge >= 0.3 is 6.09 Å². The van der Waals surface area contributed by atoms with Crippen LogP contribution in [0.4, 0.5) is 9.18 Å². The van der Waals surface area contributed by atoms with Gasteiger partial charge in [0.2, 0.25) is 0 Å². The van der Waals surface area contributed by atoms with Gasteiger partial charge in [-0.15, -0.1) is 0 Å². The SMILES string of the molecule is O=C1OCC(Cc2ccccc2)N1C(=O)C(Cc1ccc(O)cc1)Oc1ccc(F)cc1. The molecule has 0 bridgehead atoms. The van der Waals surface area contributed by atoms with E-state index in [-0.39, 0.29) is 18.8 Å². The first-order valence-electron chi connectivity index (χ1n) is 10.2. The lowest BCUT2D eigenvalue weighted by Crippen LogP contribution is -2.48. The summed E-state index contributed by atoms with van der Waals surface area (Å²) in [5.74, 6) is -0.562. The molecule has 4 rings (SSSR count). The molecule has 0 aliphatic carbocycles. The fourth-order valence-electron chi connectivity index (χ4n) is 3.62. The Labute approximate surface area is 184 Å². The Hall–Kier alpha value is -3.87. The van der Waals surface area contributed by atoms with Crippen molar-refractivity contribution < 1.29 is 28.6 Å². The number of cyclic esters (lactones) is 1. The second kappa shape index (κ2) is 9.51. The van der Waals surface area contributed by atoms with E-state index >= 15 is 0 Å². The van der Waals surface area contributed by atoms with E-state index in [9.17, 15) is 19.1 Å². The van der Waals surface area contributed by atoms with E-state index in [0.29, 0.717) is 12.2 Å². The number of hydrogen-bond acceptors (Lipinski definition) is 5. The van der Waals surface area contributed by atoms with Crippen LogP contribution in [-0.2, 0) is 22.4 Å². The smallest absolute Gasteiger partial charge is 0.417 e. The van der Waals surface area contributed by atoms with Crippen molar-refractivity contribution in [3.8, 4) is 11.5 Å². The second-order valence-corrected chi connectivity index (χ2v) is 7.56. The molecule has 32 heavy (non-hydrogen) atoms. The zero-order valence-corrected chi connectivity index (χ0v) is 17.2. The average molecular weight is 435 g/mol. The molecule has 1 heterocycles. The molecule has 7 heteroatoms. The number of nitrogens with zero attached hydrogens (tertiary/aromatic N) is 1. The third-order valence-electron chi connectivity index (χ3n) is 5.24. The minimum Gasteiger partial charge on any atom is -0.508 e. The molecule has 0 aromatic heterocycles. The number of rotatable bonds is 7. The van der Waals surface area contributed by atoms with E-state index in [2.05, 4.69) is 0 Å². The number of phenols is 1. The van der Waals surface area contributed by atoms with Crippen molar-refractivity contribution >= 4 is 12.0 Å². The summed E-state index contributed by atoms with van der Waals surface area (Å²) in [6.45, 7) is 0.0992. The van der Waals surface area contributed by atoms with Gasteiger partial charge in [-0.05, 0) is 53.9 Å². The summed E-state index contributed by atoms with van der Waals surface area (Å²) in [5.41, 5.74) is 1.71. The summed E-state index contributed by atoms with van der Waals surface area (Å²) >= 11 is 0. The molecule has 2 atom stereocenters. The van der Waals surface area contributed by atoms with Crippen LogP contribution in [0.1, 0.15) is 11.1 Å². The number of benzene rings is 3. The van der Waals surface area contributed by atoms with E-state index in [1.54, 1.807) is 12.1 Å². The van der Waals surface area contributed by atoms with Gasteiger partial charge in [-0.3, -0.25) is 4.79 Å². The van der Waals surface area contributed by atoms with Crippen LogP contribution in [0.3, 0.4) is 0 Å². The minimum absolute atomic E-state index is 0.0992. The fourth-order valence-corrected chi connectivity index (χ4v) is 3.62. The van der Waals surface area contributed by atoms with Crippen LogP contribution in [-0.4, -0.2) is 40.8 Å². The summed E-state index contributed by atoms with van der Waals surface area (Å²) in [5, 5.41) is 9.54. The number of aromatic hydroxyl groups is 1. The number of carbonyl (C=O) groups is 2. The molecular weight excluding hydrogens is 413 g/mol. The van der Waals surface area contributed by atoms with Gasteiger partial charge in [0.15, 0.2) is 6.10 Å². The van der Waals surface area contributed by atoms with Crippen LogP contribution in [0.2, 0.25) is 0 Å². The maximum absolute atomic E-state index is 13.5. The van der Waals surface area contributed by atoms with Crippen molar-refractivity contribution in [2.24, 2.45) is 0 Å². The first-order valence-corrected chi connectivity index (χ1v) is 10.2. The number of ether oxygens (including phenoxy) is 2. The monoisotopic (exact) mass is 435 g/mol. The zero-order valence-electron chi connectivity index (χ0n) is 17.2. The quantitative estimate of drug-likeness (QED) is 0.605. The maximum Gasteiger partial charge on any atom is 0.417 e. The van der Waals surface area contributed by atoms with Crippen LogP contribution < -0.4 is 4.74 Å². The van der Waals surface area contributed by atoms with Crippen LogP contribution in [0.15, 0.2) is 78.9 Å². The van der Waals surface area contributed by atoms with Gasteiger partial charge in [0.05, 0.1) is 6.04 Å². The fraction of sp³-hybridized carbons (Fsp3) is 0.200. The summed E-state index contributed by atoms with van der Waals surface area (Å²) in [4.78, 5) is 27.0. The highest BCUT2D eigenvalue weighted by Crippen LogP contribution is 2.23. The minimum atomic E-state index is -1.05. The van der Waals surface area contributed by atoms with Crippen molar-refractivity contribution in [3.63, 3.8) is 0 Å². The number of phenolic OH excluding ortho intramolecular Hbond substituents is 1. The van der Waals surface area contributed by atoms with Crippen LogP contribution in [0.25, 0.3) is 0 Å². The summed E-state index contributed by atoms with van der Waals surface area (Å²) in [6.07, 6.45) is -1.15. The van der Waals surface area contributed by atoms with E-state index in [1.165, 1.54) is 36.4 Å². The van der Waals surface area contributed by atoms with Crippen molar-refractivity contribution in [3.05, 3.63) is 95.8 Å². The van der Waals surface area contributed by atoms with E-state index < -0.39 is 30.0 Å². The Balaban J connectivity index is 1.58. The first kappa shape index (κ1) is 21.4. The molecule has 164 valence electrons. The molecule has 1 fully saturated rings. The third-order valence-corrected chi connectivity index (χ3v) is 5.24. The largest absolute Gasteiger partial charge is 0.508 e. The lowest BCUT2D eigenvalue weighted by molar-refractivity contribution is -0.136. The highest BCUT2D eigenvalue weighted by Gasteiger charge is 2.41. The maximum atomic E-state index is 13.5. The molecule has 3 aromatic rings. The van der Waals surface area contributed by atoms with Crippen LogP contribution in [0.5, 0.6) is 11.5 Å². The van der Waals surface area contributed by atoms with Gasteiger partial charge in [0.25, 0.3) is 5.91 Å². The Morgan fingerprint density at radius 1 is 1.03 bits per heavy atom. The first-order chi connectivity index (χ1) is 15.5. The predicted octanol–water partition coefficient (Wildman–Crippen LogP) is 4.11. The summed E-state index contributed by atoms with van der Waals surface area (Å²) in [6, 6.07) is 20.8. The summed E-state index contributed by atoms with van der Waals surface area (Å²) < 4.78 is 24.4. The predicted molar refractivity (Wildman–Crippen MR) is 115 cm³/mol. The normalized spacial score (nSPS) is 16.5. The lowest BCUT2D eigenvalue weighted by atomic mass is 10.0. The van der Waals surface area contributed by atoms with Gasteiger partial charge in [0, 0.05) is 6.42 Å². The Kier molecular flexibility index (Phi) is 6.35. The van der Waals surface area contributed by atoms with Crippen LogP contribution >= 0.6 is 0 Å². The van der Waals surface area contributed by atoms with Gasteiger partial charge in [-0.25, -0.2) is 14.1 Å². The van der Waals surface area contributed by atoms with Crippen molar-refractivity contribution in [2.75, 3.05) is 6.61 Å². The lowest BCUT2D eigenvalue weighted by Gasteiger charge is -2.25. The van der Waals surface area contributed by atoms with Gasteiger partial charge in [0.1, 0.15) is 23.9 Å². The van der Waals surface area contributed by atoms with Gasteiger partial charge < -0.3 is 14.6 Å². The highest BCUT2D eigenvalue weighted by molar-refractivity contribution is 5.96. The molecule has 1 aliphatic rings. The number of imide groups is 1. The van der Waals surface area contributed by atoms with Crippen molar-refractivity contribution in [2.45, 2.75) is 25.0 Å². The number of halogens is 1. The average Bonchev–Trinajstić information content (AvgIpc) is 3.16. The number of carbonyl (C=O) groups excluding carboxylic acids is 2. The molecular formula is C25H22FNO5. The molecule has 1 aliphatic heterocycles. The molecule has 0 spiro atoms. The van der Waals surface area contributed by atoms with E-state index in [1.807, 2.05) is 30.3 Å². The molecule has 0 saturated carbocycles. The summed E-state index contributed by atoms with van der Waals surface area (Å²) in [7, 11) is 0. The van der Waals surface area contributed by atoms with E-state index in [4.69, 9.17) is 9.47 Å². The van der Waals surface area contributed by atoms with Gasteiger partial charge in [-0.1, -0.05) is 42.5 Å². The molecule has 2 unspecified atom stereocenters. The Morgan fingerprint density at radius 3 is 2.41 bits per heavy atom. The molecule has 3 aromatic carbocycles. The van der Waals surface area contributed by atoms with Gasteiger partial charge in [-0.2, -0.15) is 0 Å². The number of amides is 2. The molecule has 1 saturated heterocycles. The van der Waals surface area contributed by atoms with Crippen LogP contribution in [0, 0.1) is 5.82 Å². The third kappa shape index (κ3) is 5.06. The molecule has 2 amide bonds. The zero-order chi connectivity index (χ0) is 22.5. The topological polar surface area (TPSA) is 76.1 Å². The second-order valence-electron chi connectivity index (χ2n) is 7.56. The van der Waals surface area contributed by atoms with E-state index in [0.717, 1.165) is 16.0 Å². The Bertz CT molecular complexity index is 1020. The van der Waals surface area contributed by atoms with Crippen molar-refractivity contribution in [1.82, 2.24) is 4.90 Å². The number of hydrogen-bond donors (Lipinski definition) is 1. The Morgan fingerprint density at radius 2 is 1.72 bits per heavy atom. The standard InChI is InChI=1S/C25H22FNO5/c26-19-8-12-22(13-9-19)32-23(15-18-6-10-21(28)11-7-18)24(29)27-20(16-31-25(27)30)14-17-4-2-1-3-5-17/h1-13,20,23,28H,14-16H2. The molecule has 6 nitrogen and oxygen atoms in total. The highest BCUT2D eigenvalue weighted by atomic mass is 19.1. The molecule has 0 radical (unpaired) electrons.